The third kappa shape index (κ3) is 3.84. The summed E-state index contributed by atoms with van der Waals surface area (Å²) < 4.78 is 5.52. The molecule has 0 aromatic heterocycles. The van der Waals surface area contributed by atoms with E-state index >= 15 is 0 Å². The molecule has 1 unspecified atom stereocenters. The van der Waals surface area contributed by atoms with E-state index in [1.54, 1.807) is 4.90 Å². The van der Waals surface area contributed by atoms with Crippen molar-refractivity contribution in [3.8, 4) is 5.75 Å². The Morgan fingerprint density at radius 1 is 1.29 bits per heavy atom. The number of esters is 1. The molecule has 1 amide bonds. The van der Waals surface area contributed by atoms with E-state index < -0.39 is 0 Å². The highest BCUT2D eigenvalue weighted by Gasteiger charge is 2.31. The number of likely N-dealkylation sites (tertiary alicyclic amines) is 1. The molecule has 0 bridgehead atoms. The van der Waals surface area contributed by atoms with Gasteiger partial charge in [0.25, 0.3) is 0 Å². The zero-order valence-electron chi connectivity index (χ0n) is 13.2. The Hall–Kier alpha value is -1.84. The lowest BCUT2D eigenvalue weighted by molar-refractivity contribution is -0.138. The Kier molecular flexibility index (Phi) is 4.66. The molecule has 1 aliphatic rings. The highest BCUT2D eigenvalue weighted by atomic mass is 16.5. The summed E-state index contributed by atoms with van der Waals surface area (Å²) in [7, 11) is 0. The van der Waals surface area contributed by atoms with Crippen molar-refractivity contribution in [2.45, 2.75) is 40.0 Å². The molecule has 2 rings (SSSR count). The minimum absolute atomic E-state index is 0.0166. The zero-order chi connectivity index (χ0) is 15.6. The van der Waals surface area contributed by atoms with Crippen molar-refractivity contribution in [2.24, 2.45) is 5.92 Å². The molecule has 1 aromatic carbocycles. The molecule has 0 spiro atoms. The summed E-state index contributed by atoms with van der Waals surface area (Å²) in [6, 6.07) is 5.91. The van der Waals surface area contributed by atoms with Crippen molar-refractivity contribution < 1.29 is 14.3 Å². The summed E-state index contributed by atoms with van der Waals surface area (Å²) in [5, 5.41) is 0. The summed E-state index contributed by atoms with van der Waals surface area (Å²) in [4.78, 5) is 25.2. The fourth-order valence-electron chi connectivity index (χ4n) is 2.61. The minimum atomic E-state index is -0.237. The highest BCUT2D eigenvalue weighted by molar-refractivity contribution is 5.79. The fraction of sp³-hybridized carbons (Fsp3) is 0.529. The maximum atomic E-state index is 12.2. The van der Waals surface area contributed by atoms with Crippen molar-refractivity contribution in [3.05, 3.63) is 29.3 Å². The maximum Gasteiger partial charge on any atom is 0.316 e. The SMILES string of the molecule is CC(=O)N1CCC(C(=O)Oc2cc(C)cc(C(C)C)c2)C1. The monoisotopic (exact) mass is 289 g/mol. The normalized spacial score (nSPS) is 18.1. The van der Waals surface area contributed by atoms with Gasteiger partial charge in [-0.25, -0.2) is 0 Å². The van der Waals surface area contributed by atoms with Crippen molar-refractivity contribution in [3.63, 3.8) is 0 Å². The van der Waals surface area contributed by atoms with E-state index in [9.17, 15) is 9.59 Å². The Bertz CT molecular complexity index is 551. The molecule has 4 nitrogen and oxygen atoms in total. The minimum Gasteiger partial charge on any atom is -0.426 e. The van der Waals surface area contributed by atoms with Crippen LogP contribution in [0.2, 0.25) is 0 Å². The van der Waals surface area contributed by atoms with Gasteiger partial charge < -0.3 is 9.64 Å². The molecule has 0 N–H and O–H groups in total. The number of carbonyl (C=O) groups is 2. The van der Waals surface area contributed by atoms with E-state index in [0.717, 1.165) is 11.1 Å². The molecule has 1 aliphatic heterocycles. The van der Waals surface area contributed by atoms with Gasteiger partial charge in [-0.1, -0.05) is 19.9 Å². The molecule has 4 heteroatoms. The lowest BCUT2D eigenvalue weighted by Crippen LogP contribution is -2.29. The van der Waals surface area contributed by atoms with Gasteiger partial charge in [0, 0.05) is 20.0 Å². The largest absolute Gasteiger partial charge is 0.426 e. The van der Waals surface area contributed by atoms with Crippen LogP contribution in [0.5, 0.6) is 5.75 Å². The lowest BCUT2D eigenvalue weighted by Gasteiger charge is -2.14. The first-order valence-corrected chi connectivity index (χ1v) is 7.45. The predicted octanol–water partition coefficient (Wildman–Crippen LogP) is 2.89. The molecular formula is C17H23NO3. The topological polar surface area (TPSA) is 46.6 Å². The van der Waals surface area contributed by atoms with Gasteiger partial charge in [0.15, 0.2) is 0 Å². The second kappa shape index (κ2) is 6.29. The molecule has 0 saturated carbocycles. The lowest BCUT2D eigenvalue weighted by atomic mass is 10.0. The summed E-state index contributed by atoms with van der Waals surface area (Å²) in [6.45, 7) is 8.86. The fourth-order valence-corrected chi connectivity index (χ4v) is 2.61. The quantitative estimate of drug-likeness (QED) is 0.635. The number of ether oxygens (including phenoxy) is 1. The smallest absolute Gasteiger partial charge is 0.316 e. The first-order chi connectivity index (χ1) is 9.86. The first kappa shape index (κ1) is 15.5. The number of rotatable bonds is 3. The molecule has 21 heavy (non-hydrogen) atoms. The molecule has 114 valence electrons. The van der Waals surface area contributed by atoms with Crippen LogP contribution in [0.15, 0.2) is 18.2 Å². The highest BCUT2D eigenvalue weighted by Crippen LogP contribution is 2.25. The van der Waals surface area contributed by atoms with Gasteiger partial charge in [0.2, 0.25) is 5.91 Å². The van der Waals surface area contributed by atoms with E-state index in [1.165, 1.54) is 6.92 Å². The van der Waals surface area contributed by atoms with Gasteiger partial charge in [-0.2, -0.15) is 0 Å². The third-order valence-electron chi connectivity index (χ3n) is 3.93. The van der Waals surface area contributed by atoms with Crippen molar-refractivity contribution in [1.29, 1.82) is 0 Å². The predicted molar refractivity (Wildman–Crippen MR) is 81.3 cm³/mol. The number of carbonyl (C=O) groups excluding carboxylic acids is 2. The number of aryl methyl sites for hydroxylation is 1. The van der Waals surface area contributed by atoms with Crippen LogP contribution in [0, 0.1) is 12.8 Å². The molecule has 1 saturated heterocycles. The van der Waals surface area contributed by atoms with Crippen LogP contribution in [0.4, 0.5) is 0 Å². The van der Waals surface area contributed by atoms with Crippen LogP contribution in [0.25, 0.3) is 0 Å². The zero-order valence-corrected chi connectivity index (χ0v) is 13.2. The second-order valence-electron chi connectivity index (χ2n) is 6.11. The molecule has 0 radical (unpaired) electrons. The third-order valence-corrected chi connectivity index (χ3v) is 3.93. The molecule has 0 aliphatic carbocycles. The summed E-state index contributed by atoms with van der Waals surface area (Å²) >= 11 is 0. The van der Waals surface area contributed by atoms with Crippen LogP contribution in [0.3, 0.4) is 0 Å². The molecule has 1 aromatic rings. The summed E-state index contributed by atoms with van der Waals surface area (Å²) in [5.41, 5.74) is 2.25. The average Bonchev–Trinajstić information content (AvgIpc) is 2.87. The van der Waals surface area contributed by atoms with Gasteiger partial charge in [0.05, 0.1) is 5.92 Å². The van der Waals surface area contributed by atoms with Gasteiger partial charge >= 0.3 is 5.97 Å². The summed E-state index contributed by atoms with van der Waals surface area (Å²) in [6.07, 6.45) is 0.682. The Morgan fingerprint density at radius 2 is 2.00 bits per heavy atom. The van der Waals surface area contributed by atoms with Gasteiger partial charge in [-0.15, -0.1) is 0 Å². The van der Waals surface area contributed by atoms with Crippen LogP contribution >= 0.6 is 0 Å². The van der Waals surface area contributed by atoms with E-state index in [0.29, 0.717) is 31.2 Å². The number of amides is 1. The average molecular weight is 289 g/mol. The van der Waals surface area contributed by atoms with Crippen LogP contribution < -0.4 is 4.74 Å². The van der Waals surface area contributed by atoms with E-state index in [1.807, 2.05) is 19.1 Å². The molecule has 1 fully saturated rings. The van der Waals surface area contributed by atoms with Crippen LogP contribution in [-0.2, 0) is 9.59 Å². The van der Waals surface area contributed by atoms with Gasteiger partial charge in [0.1, 0.15) is 5.75 Å². The van der Waals surface area contributed by atoms with Gasteiger partial charge in [-0.05, 0) is 42.5 Å². The first-order valence-electron chi connectivity index (χ1n) is 7.45. The van der Waals surface area contributed by atoms with E-state index in [-0.39, 0.29) is 17.8 Å². The van der Waals surface area contributed by atoms with Gasteiger partial charge in [-0.3, -0.25) is 9.59 Å². The summed E-state index contributed by atoms with van der Waals surface area (Å²) in [5.74, 6) is 0.561. The standard InChI is InChI=1S/C17H23NO3/c1-11(2)15-7-12(3)8-16(9-15)21-17(20)14-5-6-18(10-14)13(4)19/h7-9,11,14H,5-6,10H2,1-4H3. The number of benzene rings is 1. The Morgan fingerprint density at radius 3 is 2.57 bits per heavy atom. The van der Waals surface area contributed by atoms with Crippen LogP contribution in [-0.4, -0.2) is 29.9 Å². The van der Waals surface area contributed by atoms with E-state index in [2.05, 4.69) is 19.9 Å². The van der Waals surface area contributed by atoms with Crippen molar-refractivity contribution in [1.82, 2.24) is 4.90 Å². The molecule has 1 heterocycles. The molecular weight excluding hydrogens is 266 g/mol. The molecule has 1 atom stereocenters. The van der Waals surface area contributed by atoms with Crippen LogP contribution in [0.1, 0.15) is 44.2 Å². The Labute approximate surface area is 126 Å². The van der Waals surface area contributed by atoms with Crippen molar-refractivity contribution >= 4 is 11.9 Å². The number of nitrogens with zero attached hydrogens (tertiary/aromatic N) is 1. The number of hydrogen-bond acceptors (Lipinski definition) is 3. The Balaban J connectivity index is 2.05. The second-order valence-corrected chi connectivity index (χ2v) is 6.11. The number of hydrogen-bond donors (Lipinski definition) is 0. The van der Waals surface area contributed by atoms with Crippen molar-refractivity contribution in [2.75, 3.05) is 13.1 Å². The van der Waals surface area contributed by atoms with E-state index in [4.69, 9.17) is 4.74 Å². The maximum absolute atomic E-state index is 12.2.